The van der Waals surface area contributed by atoms with Crippen LogP contribution in [0.4, 0.5) is 0 Å². The number of hydrogen-bond acceptors (Lipinski definition) is 2. The molecule has 0 aliphatic carbocycles. The minimum Gasteiger partial charge on any atom is -0.330 e. The van der Waals surface area contributed by atoms with E-state index in [0.29, 0.717) is 6.54 Å². The van der Waals surface area contributed by atoms with Gasteiger partial charge in [-0.05, 0) is 36.7 Å². The van der Waals surface area contributed by atoms with E-state index in [1.54, 1.807) is 10.9 Å². The van der Waals surface area contributed by atoms with Crippen molar-refractivity contribution >= 4 is 11.6 Å². The van der Waals surface area contributed by atoms with Gasteiger partial charge < -0.3 is 5.73 Å². The Hall–Kier alpha value is -1.32. The zero-order chi connectivity index (χ0) is 10.7. The van der Waals surface area contributed by atoms with E-state index in [9.17, 15) is 0 Å². The van der Waals surface area contributed by atoms with Crippen molar-refractivity contribution in [2.45, 2.75) is 6.42 Å². The van der Waals surface area contributed by atoms with Crippen LogP contribution >= 0.6 is 11.6 Å². The Labute approximate surface area is 93.5 Å². The number of nitrogens with two attached hydrogens (primary N) is 1. The van der Waals surface area contributed by atoms with E-state index < -0.39 is 0 Å². The first-order valence-electron chi connectivity index (χ1n) is 4.80. The van der Waals surface area contributed by atoms with E-state index in [1.165, 1.54) is 0 Å². The highest BCUT2D eigenvalue weighted by Crippen LogP contribution is 2.20. The minimum atomic E-state index is 0.612. The Morgan fingerprint density at radius 2 is 2.27 bits per heavy atom. The van der Waals surface area contributed by atoms with Crippen molar-refractivity contribution in [2.75, 3.05) is 6.54 Å². The van der Waals surface area contributed by atoms with Crippen LogP contribution in [0.3, 0.4) is 0 Å². The lowest BCUT2D eigenvalue weighted by Crippen LogP contribution is -2.03. The summed E-state index contributed by atoms with van der Waals surface area (Å²) in [5, 5.41) is 4.88. The van der Waals surface area contributed by atoms with Crippen LogP contribution in [0.2, 0.25) is 5.02 Å². The highest BCUT2D eigenvalue weighted by molar-refractivity contribution is 6.31. The lowest BCUT2D eigenvalue weighted by Gasteiger charge is -2.06. The van der Waals surface area contributed by atoms with E-state index >= 15 is 0 Å². The van der Waals surface area contributed by atoms with Gasteiger partial charge in [0.25, 0.3) is 0 Å². The van der Waals surface area contributed by atoms with Crippen molar-refractivity contribution in [1.82, 2.24) is 9.78 Å². The molecular formula is C11H12ClN3. The summed E-state index contributed by atoms with van der Waals surface area (Å²) in [5.74, 6) is 0. The van der Waals surface area contributed by atoms with Gasteiger partial charge in [-0.25, -0.2) is 4.68 Å². The topological polar surface area (TPSA) is 43.8 Å². The molecule has 0 atom stereocenters. The molecule has 0 unspecified atom stereocenters. The second-order valence-corrected chi connectivity index (χ2v) is 3.67. The van der Waals surface area contributed by atoms with Gasteiger partial charge in [0.15, 0.2) is 0 Å². The normalized spacial score (nSPS) is 10.5. The number of nitrogens with zero attached hydrogens (tertiary/aromatic N) is 2. The van der Waals surface area contributed by atoms with Crippen molar-refractivity contribution in [3.8, 4) is 5.69 Å². The fraction of sp³-hybridized carbons (Fsp3) is 0.182. The van der Waals surface area contributed by atoms with Gasteiger partial charge in [-0.1, -0.05) is 17.7 Å². The molecule has 2 aromatic rings. The summed E-state index contributed by atoms with van der Waals surface area (Å²) >= 11 is 6.13. The molecule has 1 aromatic heterocycles. The maximum Gasteiger partial charge on any atom is 0.0660 e. The second-order valence-electron chi connectivity index (χ2n) is 3.27. The Morgan fingerprint density at radius 1 is 1.40 bits per heavy atom. The van der Waals surface area contributed by atoms with Gasteiger partial charge in [0.05, 0.1) is 5.69 Å². The van der Waals surface area contributed by atoms with E-state index in [4.69, 9.17) is 17.3 Å². The summed E-state index contributed by atoms with van der Waals surface area (Å²) in [5.41, 5.74) is 7.53. The molecule has 4 heteroatoms. The average molecular weight is 222 g/mol. The van der Waals surface area contributed by atoms with E-state index in [0.717, 1.165) is 22.7 Å². The van der Waals surface area contributed by atoms with Crippen LogP contribution in [0.1, 0.15) is 5.56 Å². The molecule has 2 rings (SSSR count). The highest BCUT2D eigenvalue weighted by atomic mass is 35.5. The van der Waals surface area contributed by atoms with Gasteiger partial charge in [0.2, 0.25) is 0 Å². The molecule has 1 heterocycles. The number of halogens is 1. The van der Waals surface area contributed by atoms with Crippen molar-refractivity contribution in [1.29, 1.82) is 0 Å². The van der Waals surface area contributed by atoms with Gasteiger partial charge >= 0.3 is 0 Å². The molecule has 3 nitrogen and oxygen atoms in total. The van der Waals surface area contributed by atoms with Crippen LogP contribution in [-0.2, 0) is 6.42 Å². The fourth-order valence-corrected chi connectivity index (χ4v) is 1.73. The first kappa shape index (κ1) is 10.2. The van der Waals surface area contributed by atoms with Gasteiger partial charge in [-0.2, -0.15) is 5.10 Å². The standard InChI is InChI=1S/C11H12ClN3/c12-11-8-10(15-7-1-6-14-15)3-2-9(11)4-5-13/h1-3,6-8H,4-5,13H2. The molecule has 1 aromatic carbocycles. The first-order valence-corrected chi connectivity index (χ1v) is 5.17. The van der Waals surface area contributed by atoms with Gasteiger partial charge in [-0.3, -0.25) is 0 Å². The van der Waals surface area contributed by atoms with E-state index in [-0.39, 0.29) is 0 Å². The van der Waals surface area contributed by atoms with E-state index in [1.807, 2.05) is 30.5 Å². The molecule has 0 bridgehead atoms. The van der Waals surface area contributed by atoms with Crippen LogP contribution in [0.15, 0.2) is 36.7 Å². The number of hydrogen-bond donors (Lipinski definition) is 1. The van der Waals surface area contributed by atoms with Gasteiger partial charge in [-0.15, -0.1) is 0 Å². The van der Waals surface area contributed by atoms with Crippen molar-refractivity contribution < 1.29 is 0 Å². The van der Waals surface area contributed by atoms with Crippen molar-refractivity contribution in [2.24, 2.45) is 5.73 Å². The largest absolute Gasteiger partial charge is 0.330 e. The van der Waals surface area contributed by atoms with Crippen LogP contribution in [0.5, 0.6) is 0 Å². The summed E-state index contributed by atoms with van der Waals surface area (Å²) < 4.78 is 1.78. The monoisotopic (exact) mass is 221 g/mol. The summed E-state index contributed by atoms with van der Waals surface area (Å²) in [7, 11) is 0. The first-order chi connectivity index (χ1) is 7.31. The predicted molar refractivity (Wildman–Crippen MR) is 61.3 cm³/mol. The second kappa shape index (κ2) is 4.47. The van der Waals surface area contributed by atoms with Crippen molar-refractivity contribution in [3.05, 3.63) is 47.2 Å². The molecule has 0 amide bonds. The van der Waals surface area contributed by atoms with Gasteiger partial charge in [0.1, 0.15) is 0 Å². The summed E-state index contributed by atoms with van der Waals surface area (Å²) in [6, 6.07) is 7.76. The van der Waals surface area contributed by atoms with Crippen LogP contribution in [0, 0.1) is 0 Å². The Balaban J connectivity index is 2.33. The molecule has 0 aliphatic heterocycles. The predicted octanol–water partition coefficient (Wildman–Crippen LogP) is 2.03. The molecule has 15 heavy (non-hydrogen) atoms. The number of benzene rings is 1. The lowest BCUT2D eigenvalue weighted by molar-refractivity contribution is 0.877. The smallest absolute Gasteiger partial charge is 0.0660 e. The maximum absolute atomic E-state index is 6.13. The summed E-state index contributed by atoms with van der Waals surface area (Å²) in [6.07, 6.45) is 4.42. The Kier molecular flexibility index (Phi) is 3.04. The fourth-order valence-electron chi connectivity index (χ4n) is 1.46. The van der Waals surface area contributed by atoms with Crippen LogP contribution in [0.25, 0.3) is 5.69 Å². The zero-order valence-corrected chi connectivity index (χ0v) is 8.98. The SMILES string of the molecule is NCCc1ccc(-n2cccn2)cc1Cl. The molecule has 0 spiro atoms. The molecule has 0 saturated heterocycles. The van der Waals surface area contributed by atoms with Crippen molar-refractivity contribution in [3.63, 3.8) is 0 Å². The third-order valence-corrected chi connectivity index (χ3v) is 2.57. The Morgan fingerprint density at radius 3 is 2.87 bits per heavy atom. The van der Waals surface area contributed by atoms with Gasteiger partial charge in [0, 0.05) is 17.4 Å². The number of aromatic nitrogens is 2. The van der Waals surface area contributed by atoms with Crippen LogP contribution < -0.4 is 5.73 Å². The lowest BCUT2D eigenvalue weighted by atomic mass is 10.1. The zero-order valence-electron chi connectivity index (χ0n) is 8.23. The number of rotatable bonds is 3. The molecule has 0 aliphatic rings. The molecular weight excluding hydrogens is 210 g/mol. The molecule has 0 radical (unpaired) electrons. The molecule has 0 saturated carbocycles. The molecule has 0 fully saturated rings. The average Bonchev–Trinajstić information content (AvgIpc) is 2.74. The molecule has 78 valence electrons. The minimum absolute atomic E-state index is 0.612. The third kappa shape index (κ3) is 2.19. The molecule has 2 N–H and O–H groups in total. The quantitative estimate of drug-likeness (QED) is 0.862. The third-order valence-electron chi connectivity index (χ3n) is 2.22. The Bertz CT molecular complexity index is 437. The highest BCUT2D eigenvalue weighted by Gasteiger charge is 2.02. The maximum atomic E-state index is 6.13. The van der Waals surface area contributed by atoms with Crippen LogP contribution in [-0.4, -0.2) is 16.3 Å². The van der Waals surface area contributed by atoms with E-state index in [2.05, 4.69) is 5.10 Å². The summed E-state index contributed by atoms with van der Waals surface area (Å²) in [6.45, 7) is 0.612. The summed E-state index contributed by atoms with van der Waals surface area (Å²) in [4.78, 5) is 0.